The smallest absolute Gasteiger partial charge is 0.653 e. The van der Waals surface area contributed by atoms with Crippen molar-refractivity contribution in [2.75, 3.05) is 0 Å². The van der Waals surface area contributed by atoms with Crippen molar-refractivity contribution in [2.45, 2.75) is 132 Å². The van der Waals surface area contributed by atoms with Crippen LogP contribution in [0.15, 0.2) is 38.7 Å². The maximum atomic E-state index is 8.79. The number of rotatable bonds is 3. The molecule has 0 bridgehead atoms. The van der Waals surface area contributed by atoms with Gasteiger partial charge in [0.1, 0.15) is 0 Å². The first-order valence-corrected chi connectivity index (χ1v) is 17.7. The molecular formula is C39H54IrN3OS. The predicted octanol–water partition coefficient (Wildman–Crippen LogP) is 10.3. The number of nitrogens with zero attached hydrogens (tertiary/aromatic N) is 3. The summed E-state index contributed by atoms with van der Waals surface area (Å²) in [5.41, 5.74) is 5.81. The van der Waals surface area contributed by atoms with Crippen LogP contribution in [0.5, 0.6) is 0 Å². The molecule has 45 heavy (non-hydrogen) atoms. The van der Waals surface area contributed by atoms with Crippen molar-refractivity contribution in [2.24, 2.45) is 45.0 Å². The van der Waals surface area contributed by atoms with Crippen molar-refractivity contribution in [3.63, 3.8) is 0 Å². The van der Waals surface area contributed by atoms with Crippen LogP contribution in [0.2, 0.25) is 0 Å². The second-order valence-electron chi connectivity index (χ2n) is 14.9. The normalized spacial score (nSPS) is 34.5. The van der Waals surface area contributed by atoms with E-state index in [0.717, 1.165) is 66.2 Å². The minimum absolute atomic E-state index is 0. The first kappa shape index (κ1) is 28.5. The minimum atomic E-state index is -2.15. The number of fused-ring (bicyclic) bond motifs is 4. The maximum Gasteiger partial charge on any atom is 3.00 e. The van der Waals surface area contributed by atoms with Crippen LogP contribution in [0.1, 0.15) is 121 Å². The summed E-state index contributed by atoms with van der Waals surface area (Å²) in [5.74, 6) is 3.52. The van der Waals surface area contributed by atoms with E-state index >= 15 is 0 Å². The van der Waals surface area contributed by atoms with Crippen molar-refractivity contribution in [3.05, 3.63) is 67.4 Å². The fourth-order valence-electron chi connectivity index (χ4n) is 7.31. The zero-order chi connectivity index (χ0) is 35.5. The quantitative estimate of drug-likeness (QED) is 0.281. The van der Waals surface area contributed by atoms with Gasteiger partial charge in [-0.15, -0.1) is 42.8 Å². The maximum absolute atomic E-state index is 8.79. The van der Waals surface area contributed by atoms with E-state index in [1.165, 1.54) is 28.1 Å². The third-order valence-electron chi connectivity index (χ3n) is 10.2. The Morgan fingerprint density at radius 2 is 2.00 bits per heavy atom. The average Bonchev–Trinajstić information content (AvgIpc) is 3.59. The molecule has 6 aliphatic rings. The molecule has 0 aromatic carbocycles. The number of thiophene rings is 1. The molecule has 1 saturated heterocycles. The van der Waals surface area contributed by atoms with Crippen LogP contribution in [0.25, 0.3) is 5.32 Å². The zero-order valence-electron chi connectivity index (χ0n) is 33.1. The van der Waals surface area contributed by atoms with E-state index in [0.29, 0.717) is 30.5 Å². The molecule has 7 atom stereocenters. The Morgan fingerprint density at radius 3 is 2.71 bits per heavy atom. The molecular weight excluding hydrogens is 751 g/mol. The summed E-state index contributed by atoms with van der Waals surface area (Å²) < 4.78 is 47.2. The van der Waals surface area contributed by atoms with Crippen molar-refractivity contribution >= 4 is 23.3 Å². The van der Waals surface area contributed by atoms with Crippen molar-refractivity contribution in [1.82, 2.24) is 0 Å². The van der Waals surface area contributed by atoms with Crippen LogP contribution in [-0.4, -0.2) is 24.2 Å². The van der Waals surface area contributed by atoms with Crippen LogP contribution >= 0.6 is 11.3 Å². The number of ether oxygens (including phenoxy) is 1. The third kappa shape index (κ3) is 7.82. The number of hydrogen-bond acceptors (Lipinski definition) is 4. The molecule has 1 aromatic heterocycles. The fourth-order valence-corrected chi connectivity index (χ4v) is 8.69. The fraction of sp³-hybridized carbons (Fsp3) is 0.667. The molecule has 0 amide bonds. The Labute approximate surface area is 298 Å². The summed E-state index contributed by atoms with van der Waals surface area (Å²) in [4.78, 5) is 11.1. The van der Waals surface area contributed by atoms with Gasteiger partial charge in [0.15, 0.2) is 6.23 Å². The van der Waals surface area contributed by atoms with Gasteiger partial charge < -0.3 is 15.0 Å². The molecule has 2 aliphatic carbocycles. The molecule has 7 rings (SSSR count). The summed E-state index contributed by atoms with van der Waals surface area (Å²) in [6, 6.07) is -0.00169. The molecule has 0 spiro atoms. The Balaban J connectivity index is 0.000000255. The summed E-state index contributed by atoms with van der Waals surface area (Å²) >= 11 is 1.59. The molecule has 4 aliphatic heterocycles. The van der Waals surface area contributed by atoms with E-state index in [9.17, 15) is 0 Å². The van der Waals surface area contributed by atoms with Gasteiger partial charge in [-0.2, -0.15) is 11.1 Å². The standard InChI is InChI=1S/C25H34N2OS.C14H20N.Ir/c1-14-9-10-17-16-7-6-8-18(23(16)28-24(17)27-14)20-11-19-15(2)21(12-25(3,4)5)29-22(19)13-26-20;1-10-4-6-13(7-5-10)14-8-11(2)12(3)9-15-14;/h8,16-17,20,24H,6-7,9-13H2,1-5H3;8-12H,4-6H2,1-3H3;/q-2;-1;+3/t16?,17?,20-,24?;10?,11-,12?;/m10./s1/i1D3,12D2;;. The molecule has 0 saturated carbocycles. The SMILES string of the molecule is CC1C[C-]=C(C2=C[C@H](C)C(C)C=N2)CC1.[2H]C([2H])([2H])C1=NC2OC3=C([C@H]4Cc5c(sc(C([2H])([2H])C(C)(C)C)c5C)C[N-]4)[CH-]CCC3C2CC1.[Ir+3]. The first-order valence-electron chi connectivity index (χ1n) is 19.4. The molecule has 5 heterocycles. The Morgan fingerprint density at radius 1 is 1.18 bits per heavy atom. The van der Waals surface area contributed by atoms with Gasteiger partial charge in [-0.3, -0.25) is 11.1 Å². The van der Waals surface area contributed by atoms with Crippen LogP contribution in [0.4, 0.5) is 0 Å². The summed E-state index contributed by atoms with van der Waals surface area (Å²) in [5, 5.41) is 5.02. The van der Waals surface area contributed by atoms with Gasteiger partial charge in [-0.1, -0.05) is 72.4 Å². The molecule has 5 unspecified atom stereocenters. The van der Waals surface area contributed by atoms with E-state index in [2.05, 4.69) is 62.5 Å². The molecule has 0 N–H and O–H groups in total. The second kappa shape index (κ2) is 14.3. The summed E-state index contributed by atoms with van der Waals surface area (Å²) in [6.45, 7) is 13.2. The van der Waals surface area contributed by atoms with E-state index < -0.39 is 24.9 Å². The molecule has 6 heteroatoms. The summed E-state index contributed by atoms with van der Waals surface area (Å²) in [6.07, 6.45) is 16.0. The topological polar surface area (TPSA) is 48.1 Å². The van der Waals surface area contributed by atoms with Gasteiger partial charge >= 0.3 is 20.1 Å². The molecule has 0 radical (unpaired) electrons. The number of aliphatic imine (C=N–C) groups is 2. The molecule has 4 nitrogen and oxygen atoms in total. The largest absolute Gasteiger partial charge is 3.00 e. The Bertz CT molecular complexity index is 1580. The van der Waals surface area contributed by atoms with E-state index in [1.54, 1.807) is 11.3 Å². The van der Waals surface area contributed by atoms with Crippen molar-refractivity contribution < 1.29 is 31.7 Å². The Kier molecular flexibility index (Phi) is 9.10. The van der Waals surface area contributed by atoms with Crippen LogP contribution in [0, 0.1) is 54.4 Å². The number of hydrogen-bond donors (Lipinski definition) is 0. The average molecular weight is 810 g/mol. The van der Waals surface area contributed by atoms with E-state index in [-0.39, 0.29) is 38.0 Å². The van der Waals surface area contributed by atoms with E-state index in [4.69, 9.17) is 16.9 Å². The molecule has 246 valence electrons. The van der Waals surface area contributed by atoms with Crippen LogP contribution < -0.4 is 0 Å². The van der Waals surface area contributed by atoms with Crippen LogP contribution in [-0.2, 0) is 44.2 Å². The van der Waals surface area contributed by atoms with Gasteiger partial charge in [0.2, 0.25) is 0 Å². The molecule has 1 aromatic rings. The first-order chi connectivity index (χ1) is 23.0. The van der Waals surface area contributed by atoms with Gasteiger partial charge in [-0.25, -0.2) is 6.42 Å². The van der Waals surface area contributed by atoms with Gasteiger partial charge in [-0.05, 0) is 90.6 Å². The second-order valence-corrected chi connectivity index (χ2v) is 16.0. The monoisotopic (exact) mass is 810 g/mol. The van der Waals surface area contributed by atoms with Crippen LogP contribution in [0.3, 0.4) is 0 Å². The third-order valence-corrected chi connectivity index (χ3v) is 11.4. The van der Waals surface area contributed by atoms with Crippen molar-refractivity contribution in [3.8, 4) is 0 Å². The van der Waals surface area contributed by atoms with E-state index in [1.807, 2.05) is 20.8 Å². The van der Waals surface area contributed by atoms with Gasteiger partial charge in [0, 0.05) is 23.4 Å². The minimum Gasteiger partial charge on any atom is -0.653 e. The van der Waals surface area contributed by atoms with Gasteiger partial charge in [0.25, 0.3) is 0 Å². The summed E-state index contributed by atoms with van der Waals surface area (Å²) in [7, 11) is 0. The predicted molar refractivity (Wildman–Crippen MR) is 186 cm³/mol. The molecule has 1 fully saturated rings. The Hall–Kier alpha value is -1.46. The zero-order valence-corrected chi connectivity index (χ0v) is 31.3. The van der Waals surface area contributed by atoms with Crippen molar-refractivity contribution in [1.29, 1.82) is 0 Å². The number of allylic oxidation sites excluding steroid dienone is 4. The van der Waals surface area contributed by atoms with Gasteiger partial charge in [0.05, 0.1) is 0 Å².